The lowest BCUT2D eigenvalue weighted by atomic mass is 9.98. The number of thioether (sulfide) groups is 6. The highest BCUT2D eigenvalue weighted by Crippen LogP contribution is 2.53. The van der Waals surface area contributed by atoms with Crippen LogP contribution in [0.2, 0.25) is 0 Å². The van der Waals surface area contributed by atoms with Crippen molar-refractivity contribution in [3.63, 3.8) is 0 Å². The van der Waals surface area contributed by atoms with Crippen molar-refractivity contribution in [2.75, 3.05) is 37.5 Å². The Morgan fingerprint density at radius 1 is 0.552 bits per heavy atom. The highest BCUT2D eigenvalue weighted by molar-refractivity contribution is 8.03. The molecule has 3 aromatic heterocycles. The molecule has 0 aliphatic heterocycles. The van der Waals surface area contributed by atoms with Gasteiger partial charge in [-0.15, -0.1) is 105 Å². The van der Waals surface area contributed by atoms with Gasteiger partial charge in [0.15, 0.2) is 5.60 Å². The minimum absolute atomic E-state index is 1.01. The van der Waals surface area contributed by atoms with E-state index in [0.717, 1.165) is 14.6 Å². The summed E-state index contributed by atoms with van der Waals surface area (Å²) >= 11 is 15.7. The molecule has 1 nitrogen and oxygen atoms in total. The van der Waals surface area contributed by atoms with Crippen LogP contribution in [0, 0.1) is 0 Å². The van der Waals surface area contributed by atoms with Crippen molar-refractivity contribution in [2.24, 2.45) is 0 Å². The third-order valence-corrected chi connectivity index (χ3v) is 14.5. The van der Waals surface area contributed by atoms with Crippen LogP contribution in [0.1, 0.15) is 14.6 Å². The summed E-state index contributed by atoms with van der Waals surface area (Å²) < 4.78 is 3.80. The van der Waals surface area contributed by atoms with Crippen LogP contribution in [-0.4, -0.2) is 42.6 Å². The van der Waals surface area contributed by atoms with Crippen LogP contribution in [0.15, 0.2) is 45.5 Å². The molecule has 0 atom stereocenters. The summed E-state index contributed by atoms with van der Waals surface area (Å²) in [5.74, 6) is 0. The zero-order valence-electron chi connectivity index (χ0n) is 16.9. The predicted octanol–water partition coefficient (Wildman–Crippen LogP) is 8.49. The molecule has 0 amide bonds. The summed E-state index contributed by atoms with van der Waals surface area (Å²) in [5, 5.41) is 12.4. The van der Waals surface area contributed by atoms with Crippen LogP contribution < -0.4 is 0 Å². The van der Waals surface area contributed by atoms with E-state index < -0.39 is 5.60 Å². The van der Waals surface area contributed by atoms with Crippen molar-refractivity contribution in [1.82, 2.24) is 0 Å². The maximum Gasteiger partial charge on any atom is 0.168 e. The first-order valence-corrected chi connectivity index (χ1v) is 18.2. The third-order valence-electron chi connectivity index (χ3n) is 4.28. The Balaban J connectivity index is 2.27. The molecule has 3 aromatic rings. The number of rotatable bonds is 9. The average molecular weight is 555 g/mol. The molecule has 0 saturated heterocycles. The Hall–Kier alpha value is 1.16. The monoisotopic (exact) mass is 554 g/mol. The Bertz CT molecular complexity index is 782. The van der Waals surface area contributed by atoms with Gasteiger partial charge >= 0.3 is 0 Å². The Kier molecular flexibility index (Phi) is 9.28. The van der Waals surface area contributed by atoms with Gasteiger partial charge in [-0.05, 0) is 55.7 Å². The van der Waals surface area contributed by atoms with E-state index in [1.54, 1.807) is 105 Å². The molecule has 0 bridgehead atoms. The second kappa shape index (κ2) is 10.9. The smallest absolute Gasteiger partial charge is 0.168 e. The Morgan fingerprint density at radius 2 is 0.828 bits per heavy atom. The molecular weight excluding hydrogens is 533 g/mol. The molecule has 10 heteroatoms. The number of aliphatic hydroxyl groups is 1. The molecule has 0 aliphatic carbocycles. The van der Waals surface area contributed by atoms with Crippen molar-refractivity contribution < 1.29 is 5.11 Å². The summed E-state index contributed by atoms with van der Waals surface area (Å²) in [5.41, 5.74) is -1.12. The van der Waals surface area contributed by atoms with Crippen molar-refractivity contribution in [1.29, 1.82) is 0 Å². The van der Waals surface area contributed by atoms with Gasteiger partial charge in [0.2, 0.25) is 0 Å². The number of thiophene rings is 3. The first kappa shape index (κ1) is 24.8. The molecule has 0 saturated carbocycles. The van der Waals surface area contributed by atoms with E-state index in [1.165, 1.54) is 27.3 Å². The Labute approximate surface area is 211 Å². The molecule has 3 rings (SSSR count). The first-order valence-electron chi connectivity index (χ1n) is 8.35. The van der Waals surface area contributed by atoms with E-state index in [2.05, 4.69) is 55.7 Å². The molecular formula is C19H22OS9. The standard InChI is InChI=1S/C19H22OS9/c1-21-10-7-13(27-16(10)24-4)19(20,14-8-11(22-2)17(25-5)28-14)15-9-12(23-3)18(26-6)29-15/h7-9,20H,1-6H3. The van der Waals surface area contributed by atoms with E-state index in [1.807, 2.05) is 0 Å². The SMILES string of the molecule is CSc1cc(C(O)(c2cc(SC)c(SC)s2)c2cc(SC)c(SC)s2)sc1SC. The van der Waals surface area contributed by atoms with Gasteiger partial charge in [0.25, 0.3) is 0 Å². The topological polar surface area (TPSA) is 20.2 Å². The van der Waals surface area contributed by atoms with Crippen LogP contribution in [-0.2, 0) is 5.60 Å². The molecule has 29 heavy (non-hydrogen) atoms. The second-order valence-electron chi connectivity index (χ2n) is 5.72. The second-order valence-corrected chi connectivity index (χ2v) is 14.6. The zero-order chi connectivity index (χ0) is 21.2. The van der Waals surface area contributed by atoms with E-state index in [4.69, 9.17) is 0 Å². The quantitative estimate of drug-likeness (QED) is 0.264. The van der Waals surface area contributed by atoms with Gasteiger partial charge < -0.3 is 5.11 Å². The minimum Gasteiger partial charge on any atom is -0.374 e. The molecule has 0 fully saturated rings. The van der Waals surface area contributed by atoms with Gasteiger partial charge in [-0.1, -0.05) is 0 Å². The van der Waals surface area contributed by atoms with Gasteiger partial charge in [-0.3, -0.25) is 0 Å². The fourth-order valence-corrected chi connectivity index (χ4v) is 12.4. The van der Waals surface area contributed by atoms with Crippen molar-refractivity contribution >= 4 is 105 Å². The van der Waals surface area contributed by atoms with Gasteiger partial charge in [-0.2, -0.15) is 0 Å². The molecule has 0 unspecified atom stereocenters. The maximum absolute atomic E-state index is 12.4. The summed E-state index contributed by atoms with van der Waals surface area (Å²) in [6, 6.07) is 6.57. The minimum atomic E-state index is -1.12. The van der Waals surface area contributed by atoms with Crippen LogP contribution in [0.25, 0.3) is 0 Å². The van der Waals surface area contributed by atoms with Gasteiger partial charge in [0.05, 0.1) is 12.6 Å². The largest absolute Gasteiger partial charge is 0.374 e. The van der Waals surface area contributed by atoms with Gasteiger partial charge in [0, 0.05) is 29.3 Å². The molecule has 0 aromatic carbocycles. The predicted molar refractivity (Wildman–Crippen MR) is 146 cm³/mol. The van der Waals surface area contributed by atoms with Crippen molar-refractivity contribution in [3.8, 4) is 0 Å². The molecule has 1 N–H and O–H groups in total. The Morgan fingerprint density at radius 3 is 1.00 bits per heavy atom. The number of hydrogen-bond donors (Lipinski definition) is 1. The lowest BCUT2D eigenvalue weighted by Crippen LogP contribution is -2.25. The lowest BCUT2D eigenvalue weighted by Gasteiger charge is -2.25. The third kappa shape index (κ3) is 4.77. The van der Waals surface area contributed by atoms with Crippen LogP contribution >= 0.6 is 105 Å². The van der Waals surface area contributed by atoms with Crippen molar-refractivity contribution in [2.45, 2.75) is 32.9 Å². The highest BCUT2D eigenvalue weighted by atomic mass is 32.2. The summed E-state index contributed by atoms with van der Waals surface area (Å²) in [6.45, 7) is 0. The molecule has 158 valence electrons. The van der Waals surface area contributed by atoms with Crippen LogP contribution in [0.4, 0.5) is 0 Å². The fourth-order valence-electron chi connectivity index (χ4n) is 2.83. The van der Waals surface area contributed by atoms with E-state index in [9.17, 15) is 5.11 Å². The van der Waals surface area contributed by atoms with E-state index in [-0.39, 0.29) is 0 Å². The summed E-state index contributed by atoms with van der Waals surface area (Å²) in [4.78, 5) is 6.76. The molecule has 0 spiro atoms. The molecule has 3 heterocycles. The molecule has 0 aliphatic rings. The fraction of sp³-hybridized carbons (Fsp3) is 0.368. The zero-order valence-corrected chi connectivity index (χ0v) is 24.2. The van der Waals surface area contributed by atoms with Gasteiger partial charge in [0.1, 0.15) is 0 Å². The van der Waals surface area contributed by atoms with Crippen LogP contribution in [0.5, 0.6) is 0 Å². The summed E-state index contributed by atoms with van der Waals surface area (Å²) in [7, 11) is 0. The highest BCUT2D eigenvalue weighted by Gasteiger charge is 2.40. The van der Waals surface area contributed by atoms with E-state index >= 15 is 0 Å². The molecule has 0 radical (unpaired) electrons. The van der Waals surface area contributed by atoms with Crippen molar-refractivity contribution in [3.05, 3.63) is 32.8 Å². The summed E-state index contributed by atoms with van der Waals surface area (Å²) in [6.07, 6.45) is 12.7. The van der Waals surface area contributed by atoms with Crippen LogP contribution in [0.3, 0.4) is 0 Å². The normalized spacial score (nSPS) is 12.1. The maximum atomic E-state index is 12.4. The van der Waals surface area contributed by atoms with E-state index in [0.29, 0.717) is 0 Å². The number of hydrogen-bond acceptors (Lipinski definition) is 10. The lowest BCUT2D eigenvalue weighted by molar-refractivity contribution is 0.137. The first-order chi connectivity index (χ1) is 14.0. The average Bonchev–Trinajstić information content (AvgIpc) is 3.48. The van der Waals surface area contributed by atoms with Gasteiger partial charge in [-0.25, -0.2) is 0 Å².